The molecule has 3 rings (SSSR count). The van der Waals surface area contributed by atoms with E-state index in [9.17, 15) is 4.79 Å². The van der Waals surface area contributed by atoms with Gasteiger partial charge in [-0.15, -0.1) is 24.0 Å². The molecule has 30 heavy (non-hydrogen) atoms. The molecule has 0 radical (unpaired) electrons. The Kier molecular flexibility index (Phi) is 9.16. The average Bonchev–Trinajstić information content (AvgIpc) is 3.14. The first kappa shape index (κ1) is 23.7. The second-order valence-electron chi connectivity index (χ2n) is 7.02. The molecule has 0 aliphatic rings. The first-order valence-electron chi connectivity index (χ1n) is 9.87. The highest BCUT2D eigenvalue weighted by atomic mass is 127. The molecular weight excluding hydrogens is 491 g/mol. The van der Waals surface area contributed by atoms with Crippen LogP contribution in [-0.4, -0.2) is 44.0 Å². The lowest BCUT2D eigenvalue weighted by atomic mass is 10.1. The van der Waals surface area contributed by atoms with E-state index in [2.05, 4.69) is 27.8 Å². The number of hydrogen-bond acceptors (Lipinski definition) is 3. The van der Waals surface area contributed by atoms with Crippen molar-refractivity contribution in [3.05, 3.63) is 71.5 Å². The predicted octanol–water partition coefficient (Wildman–Crippen LogP) is 4.05. The largest absolute Gasteiger partial charge is 0.461 e. The van der Waals surface area contributed by atoms with E-state index in [1.807, 2.05) is 49.4 Å². The number of aliphatic imine (C=N–C) groups is 1. The Bertz CT molecular complexity index is 947. The van der Waals surface area contributed by atoms with Crippen molar-refractivity contribution < 1.29 is 9.21 Å². The van der Waals surface area contributed by atoms with Crippen molar-refractivity contribution in [2.75, 3.05) is 27.2 Å². The minimum absolute atomic E-state index is 0. The Morgan fingerprint density at radius 3 is 2.47 bits per heavy atom. The third-order valence-electron chi connectivity index (χ3n) is 4.51. The van der Waals surface area contributed by atoms with E-state index in [4.69, 9.17) is 4.42 Å². The second kappa shape index (κ2) is 11.6. The van der Waals surface area contributed by atoms with Gasteiger partial charge in [0.05, 0.1) is 6.54 Å². The van der Waals surface area contributed by atoms with Gasteiger partial charge in [-0.25, -0.2) is 4.99 Å². The molecule has 1 aromatic heterocycles. The van der Waals surface area contributed by atoms with Crippen LogP contribution >= 0.6 is 24.0 Å². The van der Waals surface area contributed by atoms with Crippen molar-refractivity contribution in [1.29, 1.82) is 0 Å². The van der Waals surface area contributed by atoms with E-state index in [-0.39, 0.29) is 29.9 Å². The number of guanidine groups is 1. The van der Waals surface area contributed by atoms with Crippen LogP contribution in [0.3, 0.4) is 0 Å². The van der Waals surface area contributed by atoms with E-state index in [1.54, 1.807) is 19.0 Å². The SMILES string of the molecule is CCNC(=NCc1ccc(C(=O)N(C)C)cc1)NCCc1cc2ccccc2o1.I. The van der Waals surface area contributed by atoms with Crippen LogP contribution in [0.1, 0.15) is 28.6 Å². The van der Waals surface area contributed by atoms with Gasteiger partial charge in [0.15, 0.2) is 5.96 Å². The molecule has 0 atom stereocenters. The fourth-order valence-electron chi connectivity index (χ4n) is 2.99. The summed E-state index contributed by atoms with van der Waals surface area (Å²) in [4.78, 5) is 18.2. The Balaban J connectivity index is 0.00000320. The highest BCUT2D eigenvalue weighted by molar-refractivity contribution is 14.0. The number of carbonyl (C=O) groups excluding carboxylic acids is 1. The number of nitrogens with one attached hydrogen (secondary N) is 2. The minimum Gasteiger partial charge on any atom is -0.461 e. The lowest BCUT2D eigenvalue weighted by molar-refractivity contribution is 0.0827. The average molecular weight is 520 g/mol. The van der Waals surface area contributed by atoms with Crippen LogP contribution < -0.4 is 10.6 Å². The quantitative estimate of drug-likeness (QED) is 0.280. The van der Waals surface area contributed by atoms with E-state index in [1.165, 1.54) is 0 Å². The lowest BCUT2D eigenvalue weighted by Gasteiger charge is -2.11. The van der Waals surface area contributed by atoms with Crippen LogP contribution in [-0.2, 0) is 13.0 Å². The van der Waals surface area contributed by atoms with Gasteiger partial charge in [0, 0.05) is 44.6 Å². The van der Waals surface area contributed by atoms with Crippen molar-refractivity contribution in [3.8, 4) is 0 Å². The summed E-state index contributed by atoms with van der Waals surface area (Å²) in [6.45, 7) is 4.09. The Hall–Kier alpha value is -2.55. The number of rotatable bonds is 7. The minimum atomic E-state index is 0. The molecule has 0 aliphatic heterocycles. The first-order chi connectivity index (χ1) is 14.1. The summed E-state index contributed by atoms with van der Waals surface area (Å²) in [5, 5.41) is 7.73. The van der Waals surface area contributed by atoms with Crippen molar-refractivity contribution >= 4 is 46.8 Å². The van der Waals surface area contributed by atoms with Gasteiger partial charge in [-0.3, -0.25) is 4.79 Å². The molecule has 7 heteroatoms. The molecule has 160 valence electrons. The fourth-order valence-corrected chi connectivity index (χ4v) is 2.99. The molecule has 3 aromatic rings. The monoisotopic (exact) mass is 520 g/mol. The zero-order valence-corrected chi connectivity index (χ0v) is 20.0. The van der Waals surface area contributed by atoms with Gasteiger partial charge in [0.25, 0.3) is 5.91 Å². The molecule has 2 aromatic carbocycles. The van der Waals surface area contributed by atoms with Gasteiger partial charge in [0.1, 0.15) is 11.3 Å². The molecule has 2 N–H and O–H groups in total. The normalized spacial score (nSPS) is 11.1. The molecule has 1 heterocycles. The number of nitrogens with zero attached hydrogens (tertiary/aromatic N) is 2. The maximum atomic E-state index is 12.0. The second-order valence-corrected chi connectivity index (χ2v) is 7.02. The smallest absolute Gasteiger partial charge is 0.253 e. The summed E-state index contributed by atoms with van der Waals surface area (Å²) in [7, 11) is 3.50. The van der Waals surface area contributed by atoms with Crippen LogP contribution in [0, 0.1) is 0 Å². The highest BCUT2D eigenvalue weighted by Gasteiger charge is 2.07. The molecule has 0 fully saturated rings. The van der Waals surface area contributed by atoms with Gasteiger partial charge in [-0.05, 0) is 36.8 Å². The van der Waals surface area contributed by atoms with Gasteiger partial charge in [0.2, 0.25) is 0 Å². The van der Waals surface area contributed by atoms with Crippen LogP contribution in [0.15, 0.2) is 64.0 Å². The standard InChI is InChI=1S/C23H28N4O2.HI/c1-4-24-23(25-14-13-20-15-19-7-5-6-8-21(19)29-20)26-16-17-9-11-18(12-10-17)22(28)27(2)3;/h5-12,15H,4,13-14,16H2,1-3H3,(H2,24,25,26);1H. The topological polar surface area (TPSA) is 69.9 Å². The van der Waals surface area contributed by atoms with Gasteiger partial charge < -0.3 is 20.0 Å². The third kappa shape index (κ3) is 6.48. The van der Waals surface area contributed by atoms with Crippen LogP contribution in [0.4, 0.5) is 0 Å². The number of benzene rings is 2. The Morgan fingerprint density at radius 1 is 1.07 bits per heavy atom. The summed E-state index contributed by atoms with van der Waals surface area (Å²) < 4.78 is 5.86. The molecule has 0 saturated carbocycles. The van der Waals surface area contributed by atoms with E-state index >= 15 is 0 Å². The summed E-state index contributed by atoms with van der Waals surface area (Å²) in [5.41, 5.74) is 2.65. The van der Waals surface area contributed by atoms with Gasteiger partial charge in [-0.1, -0.05) is 30.3 Å². The van der Waals surface area contributed by atoms with Gasteiger partial charge in [-0.2, -0.15) is 0 Å². The van der Waals surface area contributed by atoms with Crippen LogP contribution in [0.5, 0.6) is 0 Å². The van der Waals surface area contributed by atoms with E-state index < -0.39 is 0 Å². The third-order valence-corrected chi connectivity index (χ3v) is 4.51. The Morgan fingerprint density at radius 2 is 1.80 bits per heavy atom. The summed E-state index contributed by atoms with van der Waals surface area (Å²) >= 11 is 0. The number of halogens is 1. The summed E-state index contributed by atoms with van der Waals surface area (Å²) in [5.74, 6) is 1.72. The summed E-state index contributed by atoms with van der Waals surface area (Å²) in [6, 6.07) is 17.7. The Labute approximate surface area is 194 Å². The zero-order chi connectivity index (χ0) is 20.6. The van der Waals surface area contributed by atoms with Crippen molar-refractivity contribution in [2.45, 2.75) is 19.9 Å². The molecule has 0 spiro atoms. The van der Waals surface area contributed by atoms with Crippen molar-refractivity contribution in [3.63, 3.8) is 0 Å². The molecule has 1 amide bonds. The van der Waals surface area contributed by atoms with Crippen molar-refractivity contribution in [1.82, 2.24) is 15.5 Å². The number of fused-ring (bicyclic) bond motifs is 1. The maximum absolute atomic E-state index is 12.0. The van der Waals surface area contributed by atoms with Crippen LogP contribution in [0.2, 0.25) is 0 Å². The zero-order valence-electron chi connectivity index (χ0n) is 17.6. The molecule has 6 nitrogen and oxygen atoms in total. The highest BCUT2D eigenvalue weighted by Crippen LogP contribution is 2.18. The summed E-state index contributed by atoms with van der Waals surface area (Å²) in [6.07, 6.45) is 0.778. The first-order valence-corrected chi connectivity index (χ1v) is 9.87. The molecule has 0 saturated heterocycles. The van der Waals surface area contributed by atoms with Crippen molar-refractivity contribution in [2.24, 2.45) is 4.99 Å². The maximum Gasteiger partial charge on any atom is 0.253 e. The van der Waals surface area contributed by atoms with Gasteiger partial charge >= 0.3 is 0 Å². The fraction of sp³-hybridized carbons (Fsp3) is 0.304. The number of para-hydroxylation sites is 1. The van der Waals surface area contributed by atoms with Crippen LogP contribution in [0.25, 0.3) is 11.0 Å². The molecule has 0 aliphatic carbocycles. The molecule has 0 bridgehead atoms. The number of hydrogen-bond donors (Lipinski definition) is 2. The number of amides is 1. The van der Waals surface area contributed by atoms with E-state index in [0.29, 0.717) is 12.1 Å². The van der Waals surface area contributed by atoms with E-state index in [0.717, 1.165) is 47.8 Å². The number of furan rings is 1. The lowest BCUT2D eigenvalue weighted by Crippen LogP contribution is -2.38. The molecule has 0 unspecified atom stereocenters. The predicted molar refractivity (Wildman–Crippen MR) is 133 cm³/mol. The number of carbonyl (C=O) groups is 1. The molecular formula is C23H29IN4O2.